The maximum absolute atomic E-state index is 12.6. The minimum atomic E-state index is -2.87. The number of nitrogens with one attached hydrogen (secondary N) is 1. The highest BCUT2D eigenvalue weighted by Gasteiger charge is 2.27. The van der Waals surface area contributed by atoms with E-state index in [1.54, 1.807) is 18.2 Å². The van der Waals surface area contributed by atoms with Crippen molar-refractivity contribution >= 4 is 11.6 Å². The quantitative estimate of drug-likeness (QED) is 0.781. The van der Waals surface area contributed by atoms with Crippen LogP contribution in [0.2, 0.25) is 0 Å². The van der Waals surface area contributed by atoms with Crippen molar-refractivity contribution in [2.45, 2.75) is 31.5 Å². The number of ether oxygens (including phenoxy) is 1. The van der Waals surface area contributed by atoms with Crippen LogP contribution in [0.25, 0.3) is 0 Å². The molecular formula is C20H23F2N3O2. The number of rotatable bonds is 7. The molecular weight excluding hydrogens is 352 g/mol. The molecule has 1 heterocycles. The molecule has 27 heavy (non-hydrogen) atoms. The number of hydrogen-bond donors (Lipinski definition) is 2. The number of amides is 1. The molecule has 0 saturated carbocycles. The van der Waals surface area contributed by atoms with Gasteiger partial charge in [0.2, 0.25) is 5.91 Å². The van der Waals surface area contributed by atoms with Crippen LogP contribution in [0.3, 0.4) is 0 Å². The van der Waals surface area contributed by atoms with Crippen LogP contribution in [-0.4, -0.2) is 31.7 Å². The third-order valence-electron chi connectivity index (χ3n) is 4.61. The number of anilines is 1. The van der Waals surface area contributed by atoms with Gasteiger partial charge in [0.15, 0.2) is 0 Å². The van der Waals surface area contributed by atoms with E-state index in [-0.39, 0.29) is 30.2 Å². The molecule has 144 valence electrons. The summed E-state index contributed by atoms with van der Waals surface area (Å²) in [6, 6.07) is 15.8. The lowest BCUT2D eigenvalue weighted by atomic mass is 10.0. The van der Waals surface area contributed by atoms with Gasteiger partial charge >= 0.3 is 6.61 Å². The van der Waals surface area contributed by atoms with Gasteiger partial charge in [0.25, 0.3) is 0 Å². The average Bonchev–Trinajstić information content (AvgIpc) is 3.10. The van der Waals surface area contributed by atoms with Gasteiger partial charge in [0, 0.05) is 31.6 Å². The van der Waals surface area contributed by atoms with Crippen LogP contribution in [-0.2, 0) is 4.79 Å². The number of halogens is 2. The Morgan fingerprint density at radius 1 is 1.19 bits per heavy atom. The van der Waals surface area contributed by atoms with Crippen molar-refractivity contribution in [2.24, 2.45) is 5.73 Å². The molecule has 1 aliphatic rings. The van der Waals surface area contributed by atoms with Crippen LogP contribution in [0.1, 0.15) is 24.4 Å². The first-order valence-electron chi connectivity index (χ1n) is 8.91. The van der Waals surface area contributed by atoms with E-state index in [1.165, 1.54) is 6.07 Å². The number of hydrogen-bond acceptors (Lipinski definition) is 4. The molecule has 3 rings (SSSR count). The van der Waals surface area contributed by atoms with Gasteiger partial charge in [0.05, 0.1) is 5.69 Å². The molecule has 1 amide bonds. The fourth-order valence-corrected chi connectivity index (χ4v) is 3.32. The maximum Gasteiger partial charge on any atom is 0.387 e. The Hall–Kier alpha value is -2.67. The second-order valence-electron chi connectivity index (χ2n) is 6.57. The fraction of sp³-hybridized carbons (Fsp3) is 0.350. The molecule has 2 aromatic rings. The van der Waals surface area contributed by atoms with Gasteiger partial charge in [-0.3, -0.25) is 4.79 Å². The number of para-hydroxylation sites is 2. The van der Waals surface area contributed by atoms with Crippen molar-refractivity contribution in [1.82, 2.24) is 5.32 Å². The fourth-order valence-electron chi connectivity index (χ4n) is 3.32. The molecule has 7 heteroatoms. The van der Waals surface area contributed by atoms with Crippen molar-refractivity contribution in [3.8, 4) is 5.75 Å². The highest BCUT2D eigenvalue weighted by molar-refractivity contribution is 5.77. The van der Waals surface area contributed by atoms with Crippen molar-refractivity contribution in [1.29, 1.82) is 0 Å². The second-order valence-corrected chi connectivity index (χ2v) is 6.57. The number of nitrogens with zero attached hydrogens (tertiary/aromatic N) is 1. The van der Waals surface area contributed by atoms with Crippen LogP contribution in [0.4, 0.5) is 14.5 Å². The van der Waals surface area contributed by atoms with Crippen molar-refractivity contribution in [3.05, 3.63) is 60.2 Å². The van der Waals surface area contributed by atoms with Crippen LogP contribution in [0.15, 0.2) is 54.6 Å². The van der Waals surface area contributed by atoms with Gasteiger partial charge in [0.1, 0.15) is 5.75 Å². The summed E-state index contributed by atoms with van der Waals surface area (Å²) in [5, 5.41) is 2.99. The van der Waals surface area contributed by atoms with Crippen molar-refractivity contribution in [2.75, 3.05) is 18.0 Å². The van der Waals surface area contributed by atoms with Crippen LogP contribution < -0.4 is 20.7 Å². The molecule has 2 atom stereocenters. The van der Waals surface area contributed by atoms with E-state index in [9.17, 15) is 13.6 Å². The molecule has 1 fully saturated rings. The van der Waals surface area contributed by atoms with Gasteiger partial charge < -0.3 is 20.7 Å². The molecule has 0 aromatic heterocycles. The number of carbonyl (C=O) groups excluding carboxylic acids is 1. The number of benzene rings is 2. The summed E-state index contributed by atoms with van der Waals surface area (Å²) in [7, 11) is 0. The van der Waals surface area contributed by atoms with E-state index in [4.69, 9.17) is 5.73 Å². The largest absolute Gasteiger partial charge is 0.433 e. The zero-order valence-electron chi connectivity index (χ0n) is 14.9. The first-order valence-corrected chi connectivity index (χ1v) is 8.91. The van der Waals surface area contributed by atoms with Crippen molar-refractivity contribution < 1.29 is 18.3 Å². The predicted octanol–water partition coefficient (Wildman–Crippen LogP) is 3.07. The molecule has 1 saturated heterocycles. The van der Waals surface area contributed by atoms with Crippen LogP contribution in [0.5, 0.6) is 5.75 Å². The highest BCUT2D eigenvalue weighted by atomic mass is 19.3. The third kappa shape index (κ3) is 5.17. The van der Waals surface area contributed by atoms with E-state index in [1.807, 2.05) is 35.2 Å². The Kier molecular flexibility index (Phi) is 6.24. The minimum Gasteiger partial charge on any atom is -0.433 e. The Bertz CT molecular complexity index is 758. The first kappa shape index (κ1) is 19.1. The molecule has 2 aromatic carbocycles. The van der Waals surface area contributed by atoms with Gasteiger partial charge in [-0.25, -0.2) is 0 Å². The lowest BCUT2D eigenvalue weighted by molar-refractivity contribution is -0.122. The smallest absolute Gasteiger partial charge is 0.387 e. The molecule has 0 radical (unpaired) electrons. The predicted molar refractivity (Wildman–Crippen MR) is 99.8 cm³/mol. The van der Waals surface area contributed by atoms with E-state index in [0.717, 1.165) is 12.0 Å². The zero-order chi connectivity index (χ0) is 19.2. The summed E-state index contributed by atoms with van der Waals surface area (Å²) < 4.78 is 29.8. The Morgan fingerprint density at radius 2 is 1.89 bits per heavy atom. The van der Waals surface area contributed by atoms with Crippen LogP contribution in [0, 0.1) is 0 Å². The lowest BCUT2D eigenvalue weighted by Gasteiger charge is -2.22. The van der Waals surface area contributed by atoms with E-state index >= 15 is 0 Å². The highest BCUT2D eigenvalue weighted by Crippen LogP contribution is 2.31. The summed E-state index contributed by atoms with van der Waals surface area (Å²) in [6.07, 6.45) is 0.931. The molecule has 1 aliphatic heterocycles. The summed E-state index contributed by atoms with van der Waals surface area (Å²) in [5.41, 5.74) is 7.62. The second kappa shape index (κ2) is 8.81. The topological polar surface area (TPSA) is 67.6 Å². The molecule has 2 unspecified atom stereocenters. The van der Waals surface area contributed by atoms with Gasteiger partial charge in [-0.1, -0.05) is 42.5 Å². The standard InChI is InChI=1S/C20H23F2N3O2/c21-20(22)27-18-9-5-4-8-17(18)25-11-10-15(13-25)24-19(26)12-16(23)14-6-2-1-3-7-14/h1-9,15-16,20H,10-13,23H2,(H,24,26). The summed E-state index contributed by atoms with van der Waals surface area (Å²) in [6.45, 7) is -1.68. The van der Waals surface area contributed by atoms with E-state index < -0.39 is 6.61 Å². The number of carbonyl (C=O) groups is 1. The zero-order valence-corrected chi connectivity index (χ0v) is 14.9. The summed E-state index contributed by atoms with van der Waals surface area (Å²) in [4.78, 5) is 14.2. The van der Waals surface area contributed by atoms with Gasteiger partial charge in [-0.15, -0.1) is 0 Å². The minimum absolute atomic E-state index is 0.0555. The SMILES string of the molecule is NC(CC(=O)NC1CCN(c2ccccc2OC(F)F)C1)c1ccccc1. The third-order valence-corrected chi connectivity index (χ3v) is 4.61. The van der Waals surface area contributed by atoms with E-state index in [0.29, 0.717) is 18.8 Å². The molecule has 0 aliphatic carbocycles. The normalized spacial score (nSPS) is 17.8. The Balaban J connectivity index is 1.55. The number of alkyl halides is 2. The maximum atomic E-state index is 12.6. The Morgan fingerprint density at radius 3 is 2.63 bits per heavy atom. The number of nitrogens with two attached hydrogens (primary N) is 1. The monoisotopic (exact) mass is 375 g/mol. The first-order chi connectivity index (χ1) is 13.0. The Labute approximate surface area is 157 Å². The lowest BCUT2D eigenvalue weighted by Crippen LogP contribution is -2.38. The summed E-state index contributed by atoms with van der Waals surface area (Å²) in [5.74, 6) is 0.0286. The molecule has 0 spiro atoms. The summed E-state index contributed by atoms with van der Waals surface area (Å²) >= 11 is 0. The molecule has 0 bridgehead atoms. The van der Waals surface area contributed by atoms with E-state index in [2.05, 4.69) is 10.1 Å². The van der Waals surface area contributed by atoms with Gasteiger partial charge in [-0.05, 0) is 24.1 Å². The van der Waals surface area contributed by atoms with Crippen LogP contribution >= 0.6 is 0 Å². The average molecular weight is 375 g/mol. The molecule has 3 N–H and O–H groups in total. The molecule has 5 nitrogen and oxygen atoms in total. The van der Waals surface area contributed by atoms with Crippen molar-refractivity contribution in [3.63, 3.8) is 0 Å². The van der Waals surface area contributed by atoms with Gasteiger partial charge in [-0.2, -0.15) is 8.78 Å².